The summed E-state index contributed by atoms with van der Waals surface area (Å²) in [6.45, 7) is 3.77. The van der Waals surface area contributed by atoms with Crippen molar-refractivity contribution in [2.75, 3.05) is 19.8 Å². The molecule has 0 radical (unpaired) electrons. The molecule has 0 rings (SSSR count). The molecule has 4 heteroatoms. The predicted octanol–water partition coefficient (Wildman–Crippen LogP) is 0.0701. The van der Waals surface area contributed by atoms with Crippen LogP contribution in [0.3, 0.4) is 0 Å². The summed E-state index contributed by atoms with van der Waals surface area (Å²) in [6, 6.07) is 0.148. The summed E-state index contributed by atoms with van der Waals surface area (Å²) >= 11 is 0. The third-order valence-electron chi connectivity index (χ3n) is 1.01. The van der Waals surface area contributed by atoms with Gasteiger partial charge < -0.3 is 10.6 Å². The minimum Gasteiger partial charge on any atom is -0.353 e. The summed E-state index contributed by atoms with van der Waals surface area (Å²) in [5.41, 5.74) is 0. The molecule has 0 aromatic carbocycles. The standard InChI is InChI=1S/C7H15FN2O/c1-6(2)10-7(11)5-9-4-3-8/h6,9H,3-5H2,1-2H3,(H,10,11). The first kappa shape index (κ1) is 10.4. The first-order valence-corrected chi connectivity index (χ1v) is 3.73. The Morgan fingerprint density at radius 3 is 2.64 bits per heavy atom. The van der Waals surface area contributed by atoms with Gasteiger partial charge in [-0.2, -0.15) is 0 Å². The average molecular weight is 162 g/mol. The molecule has 0 heterocycles. The lowest BCUT2D eigenvalue weighted by Gasteiger charge is -2.07. The van der Waals surface area contributed by atoms with Crippen molar-refractivity contribution in [3.8, 4) is 0 Å². The molecule has 2 N–H and O–H groups in total. The molecular formula is C7H15FN2O. The highest BCUT2D eigenvalue weighted by molar-refractivity contribution is 5.78. The van der Waals surface area contributed by atoms with E-state index in [0.717, 1.165) is 0 Å². The fourth-order valence-electron chi connectivity index (χ4n) is 0.642. The van der Waals surface area contributed by atoms with Gasteiger partial charge in [0.2, 0.25) is 5.91 Å². The second-order valence-electron chi connectivity index (χ2n) is 2.59. The fraction of sp³-hybridized carbons (Fsp3) is 0.857. The Labute approximate surface area is 66.4 Å². The maximum Gasteiger partial charge on any atom is 0.234 e. The van der Waals surface area contributed by atoms with Crippen LogP contribution in [0.4, 0.5) is 4.39 Å². The molecule has 0 aliphatic rings. The molecule has 0 atom stereocenters. The zero-order chi connectivity index (χ0) is 8.69. The molecule has 0 aliphatic carbocycles. The van der Waals surface area contributed by atoms with Gasteiger partial charge in [-0.15, -0.1) is 0 Å². The highest BCUT2D eigenvalue weighted by Gasteiger charge is 2.00. The van der Waals surface area contributed by atoms with Crippen LogP contribution in [0.2, 0.25) is 0 Å². The second-order valence-corrected chi connectivity index (χ2v) is 2.59. The van der Waals surface area contributed by atoms with E-state index >= 15 is 0 Å². The Bertz CT molecular complexity index is 117. The number of rotatable bonds is 5. The Morgan fingerprint density at radius 1 is 1.55 bits per heavy atom. The van der Waals surface area contributed by atoms with Gasteiger partial charge in [-0.05, 0) is 13.8 Å². The molecule has 0 saturated carbocycles. The maximum atomic E-state index is 11.5. The quantitative estimate of drug-likeness (QED) is 0.562. The highest BCUT2D eigenvalue weighted by atomic mass is 19.1. The lowest BCUT2D eigenvalue weighted by molar-refractivity contribution is -0.120. The van der Waals surface area contributed by atoms with Crippen LogP contribution in [0.1, 0.15) is 13.8 Å². The molecule has 0 aromatic rings. The fourth-order valence-corrected chi connectivity index (χ4v) is 0.642. The van der Waals surface area contributed by atoms with Gasteiger partial charge in [0.1, 0.15) is 6.67 Å². The largest absolute Gasteiger partial charge is 0.353 e. The Hall–Kier alpha value is -0.640. The average Bonchev–Trinajstić information content (AvgIpc) is 1.86. The van der Waals surface area contributed by atoms with Crippen LogP contribution in [0.5, 0.6) is 0 Å². The molecule has 0 unspecified atom stereocenters. The summed E-state index contributed by atoms with van der Waals surface area (Å²) in [6.07, 6.45) is 0. The van der Waals surface area contributed by atoms with Gasteiger partial charge in [-0.3, -0.25) is 4.79 Å². The predicted molar refractivity (Wildman–Crippen MR) is 42.1 cm³/mol. The van der Waals surface area contributed by atoms with Crippen LogP contribution in [0, 0.1) is 0 Å². The van der Waals surface area contributed by atoms with Crippen LogP contribution < -0.4 is 10.6 Å². The number of carbonyl (C=O) groups excluding carboxylic acids is 1. The number of alkyl halides is 1. The molecule has 0 bridgehead atoms. The Kier molecular flexibility index (Phi) is 5.74. The third kappa shape index (κ3) is 7.25. The Balaban J connectivity index is 3.23. The van der Waals surface area contributed by atoms with E-state index in [9.17, 15) is 9.18 Å². The van der Waals surface area contributed by atoms with Crippen molar-refractivity contribution in [1.82, 2.24) is 10.6 Å². The number of halogens is 1. The van der Waals surface area contributed by atoms with Crippen LogP contribution in [0.25, 0.3) is 0 Å². The van der Waals surface area contributed by atoms with E-state index in [2.05, 4.69) is 10.6 Å². The van der Waals surface area contributed by atoms with Crippen molar-refractivity contribution >= 4 is 5.91 Å². The molecule has 0 aromatic heterocycles. The van der Waals surface area contributed by atoms with E-state index in [0.29, 0.717) is 0 Å². The smallest absolute Gasteiger partial charge is 0.234 e. The van der Waals surface area contributed by atoms with Crippen molar-refractivity contribution < 1.29 is 9.18 Å². The molecule has 11 heavy (non-hydrogen) atoms. The normalized spacial score (nSPS) is 10.2. The summed E-state index contributed by atoms with van der Waals surface area (Å²) in [5.74, 6) is -0.0894. The minimum atomic E-state index is -0.436. The third-order valence-corrected chi connectivity index (χ3v) is 1.01. The first-order valence-electron chi connectivity index (χ1n) is 3.73. The van der Waals surface area contributed by atoms with Gasteiger partial charge in [0.05, 0.1) is 6.54 Å². The number of amides is 1. The van der Waals surface area contributed by atoms with Gasteiger partial charge >= 0.3 is 0 Å². The summed E-state index contributed by atoms with van der Waals surface area (Å²) in [4.78, 5) is 10.8. The summed E-state index contributed by atoms with van der Waals surface area (Å²) in [5, 5.41) is 5.33. The van der Waals surface area contributed by atoms with Gasteiger partial charge in [-0.25, -0.2) is 4.39 Å². The highest BCUT2D eigenvalue weighted by Crippen LogP contribution is 1.75. The van der Waals surface area contributed by atoms with Crippen LogP contribution in [-0.4, -0.2) is 31.7 Å². The number of nitrogens with one attached hydrogen (secondary N) is 2. The molecule has 1 amide bonds. The lowest BCUT2D eigenvalue weighted by Crippen LogP contribution is -2.38. The molecule has 3 nitrogen and oxygen atoms in total. The van der Waals surface area contributed by atoms with Gasteiger partial charge in [0.25, 0.3) is 0 Å². The molecule has 0 spiro atoms. The van der Waals surface area contributed by atoms with Crippen molar-refractivity contribution in [2.45, 2.75) is 19.9 Å². The first-order chi connectivity index (χ1) is 5.16. The van der Waals surface area contributed by atoms with Crippen LogP contribution in [0.15, 0.2) is 0 Å². The van der Waals surface area contributed by atoms with E-state index in [-0.39, 0.29) is 25.0 Å². The Morgan fingerprint density at radius 2 is 2.18 bits per heavy atom. The number of hydrogen-bond donors (Lipinski definition) is 2. The number of carbonyl (C=O) groups is 1. The SMILES string of the molecule is CC(C)NC(=O)CNCCF. The van der Waals surface area contributed by atoms with Crippen LogP contribution >= 0.6 is 0 Å². The zero-order valence-electron chi connectivity index (χ0n) is 6.98. The van der Waals surface area contributed by atoms with Crippen molar-refractivity contribution in [3.05, 3.63) is 0 Å². The molecular weight excluding hydrogens is 147 g/mol. The summed E-state index contributed by atoms with van der Waals surface area (Å²) in [7, 11) is 0. The van der Waals surface area contributed by atoms with E-state index < -0.39 is 6.67 Å². The van der Waals surface area contributed by atoms with Crippen molar-refractivity contribution in [3.63, 3.8) is 0 Å². The molecule has 0 fully saturated rings. The van der Waals surface area contributed by atoms with E-state index in [1.807, 2.05) is 13.8 Å². The van der Waals surface area contributed by atoms with Gasteiger partial charge in [-0.1, -0.05) is 0 Å². The second kappa shape index (κ2) is 6.09. The maximum absolute atomic E-state index is 11.5. The van der Waals surface area contributed by atoms with Crippen molar-refractivity contribution in [2.24, 2.45) is 0 Å². The van der Waals surface area contributed by atoms with E-state index in [1.54, 1.807) is 0 Å². The van der Waals surface area contributed by atoms with Crippen LogP contribution in [-0.2, 0) is 4.79 Å². The van der Waals surface area contributed by atoms with E-state index in [1.165, 1.54) is 0 Å². The minimum absolute atomic E-state index is 0.0894. The monoisotopic (exact) mass is 162 g/mol. The zero-order valence-corrected chi connectivity index (χ0v) is 6.98. The molecule has 0 aliphatic heterocycles. The van der Waals surface area contributed by atoms with Crippen molar-refractivity contribution in [1.29, 1.82) is 0 Å². The van der Waals surface area contributed by atoms with Gasteiger partial charge in [0.15, 0.2) is 0 Å². The number of hydrogen-bond acceptors (Lipinski definition) is 2. The molecule has 66 valence electrons. The topological polar surface area (TPSA) is 41.1 Å². The molecule has 0 saturated heterocycles. The van der Waals surface area contributed by atoms with E-state index in [4.69, 9.17) is 0 Å². The summed E-state index contributed by atoms with van der Waals surface area (Å²) < 4.78 is 11.5. The lowest BCUT2D eigenvalue weighted by atomic mass is 10.4. The van der Waals surface area contributed by atoms with Gasteiger partial charge in [0, 0.05) is 12.6 Å².